The average Bonchev–Trinajstić information content (AvgIpc) is 3.03. The SMILES string of the molecule is CCOC(=O)C1=C(C)N=c2s/c(=C\c3ccncc3)c(=O)n2[C@@H]1c1ccccc1Cl. The van der Waals surface area contributed by atoms with E-state index in [2.05, 4.69) is 9.98 Å². The first kappa shape index (κ1) is 20.3. The summed E-state index contributed by atoms with van der Waals surface area (Å²) < 4.78 is 7.31. The Bertz CT molecular complexity index is 1330. The van der Waals surface area contributed by atoms with E-state index in [-0.39, 0.29) is 12.2 Å². The van der Waals surface area contributed by atoms with Crippen LogP contribution in [0.1, 0.15) is 31.0 Å². The molecule has 1 aliphatic heterocycles. The Labute approximate surface area is 181 Å². The molecule has 152 valence electrons. The highest BCUT2D eigenvalue weighted by atomic mass is 35.5. The maximum absolute atomic E-state index is 13.4. The normalized spacial score (nSPS) is 16.2. The fourth-order valence-electron chi connectivity index (χ4n) is 3.39. The number of halogens is 1. The molecular weight excluding hydrogens is 422 g/mol. The van der Waals surface area contributed by atoms with Gasteiger partial charge in [0.1, 0.15) is 6.04 Å². The highest BCUT2D eigenvalue weighted by Crippen LogP contribution is 2.34. The molecule has 3 heterocycles. The second-order valence-corrected chi connectivity index (χ2v) is 8.02. The van der Waals surface area contributed by atoms with Gasteiger partial charge >= 0.3 is 5.97 Å². The van der Waals surface area contributed by atoms with E-state index in [4.69, 9.17) is 16.3 Å². The first-order valence-corrected chi connectivity index (χ1v) is 10.5. The second kappa shape index (κ2) is 8.38. The summed E-state index contributed by atoms with van der Waals surface area (Å²) in [6.45, 7) is 3.70. The zero-order valence-corrected chi connectivity index (χ0v) is 17.9. The topological polar surface area (TPSA) is 73.6 Å². The number of rotatable bonds is 4. The summed E-state index contributed by atoms with van der Waals surface area (Å²) in [4.78, 5) is 35.3. The summed E-state index contributed by atoms with van der Waals surface area (Å²) in [5.74, 6) is -0.507. The monoisotopic (exact) mass is 439 g/mol. The van der Waals surface area contributed by atoms with E-state index in [1.54, 1.807) is 44.4 Å². The highest BCUT2D eigenvalue weighted by Gasteiger charge is 2.34. The summed E-state index contributed by atoms with van der Waals surface area (Å²) in [5.41, 5.74) is 2.08. The molecule has 6 nitrogen and oxygen atoms in total. The summed E-state index contributed by atoms with van der Waals surface area (Å²) >= 11 is 7.75. The molecule has 8 heteroatoms. The van der Waals surface area contributed by atoms with Crippen molar-refractivity contribution in [3.05, 3.63) is 95.9 Å². The second-order valence-electron chi connectivity index (χ2n) is 6.60. The number of nitrogens with zero attached hydrogens (tertiary/aromatic N) is 3. The first-order chi connectivity index (χ1) is 14.5. The molecule has 30 heavy (non-hydrogen) atoms. The number of fused-ring (bicyclic) bond motifs is 1. The predicted molar refractivity (Wildman–Crippen MR) is 116 cm³/mol. The van der Waals surface area contributed by atoms with Crippen LogP contribution in [0.3, 0.4) is 0 Å². The van der Waals surface area contributed by atoms with Crippen molar-refractivity contribution in [3.63, 3.8) is 0 Å². The van der Waals surface area contributed by atoms with Crippen molar-refractivity contribution >= 4 is 35.0 Å². The number of allylic oxidation sites excluding steroid dienone is 1. The van der Waals surface area contributed by atoms with E-state index in [1.807, 2.05) is 24.3 Å². The molecule has 1 aromatic carbocycles. The molecule has 0 saturated carbocycles. The number of hydrogen-bond acceptors (Lipinski definition) is 6. The molecule has 0 unspecified atom stereocenters. The Morgan fingerprint density at radius 2 is 2.00 bits per heavy atom. The van der Waals surface area contributed by atoms with E-state index in [0.717, 1.165) is 5.56 Å². The van der Waals surface area contributed by atoms with E-state index in [0.29, 0.717) is 31.2 Å². The lowest BCUT2D eigenvalue weighted by Gasteiger charge is -2.25. The molecule has 0 amide bonds. The van der Waals surface area contributed by atoms with Crippen molar-refractivity contribution in [2.24, 2.45) is 4.99 Å². The zero-order chi connectivity index (χ0) is 21.3. The van der Waals surface area contributed by atoms with Crippen LogP contribution in [0.4, 0.5) is 0 Å². The Kier molecular flexibility index (Phi) is 5.65. The highest BCUT2D eigenvalue weighted by molar-refractivity contribution is 7.07. The molecule has 1 atom stereocenters. The lowest BCUT2D eigenvalue weighted by Crippen LogP contribution is -2.40. The van der Waals surface area contributed by atoms with Crippen molar-refractivity contribution in [2.75, 3.05) is 6.61 Å². The minimum atomic E-state index is -0.714. The number of carbonyl (C=O) groups excluding carboxylic acids is 1. The molecule has 0 spiro atoms. The fourth-order valence-corrected chi connectivity index (χ4v) is 4.68. The third-order valence-electron chi connectivity index (χ3n) is 4.72. The first-order valence-electron chi connectivity index (χ1n) is 9.35. The maximum atomic E-state index is 13.4. The van der Waals surface area contributed by atoms with E-state index in [9.17, 15) is 9.59 Å². The van der Waals surface area contributed by atoms with Crippen molar-refractivity contribution in [1.29, 1.82) is 0 Å². The van der Waals surface area contributed by atoms with Gasteiger partial charge in [0.2, 0.25) is 0 Å². The Hall–Kier alpha value is -3.03. The molecule has 0 aliphatic carbocycles. The van der Waals surface area contributed by atoms with Gasteiger partial charge in [0.15, 0.2) is 4.80 Å². The lowest BCUT2D eigenvalue weighted by molar-refractivity contribution is -0.139. The summed E-state index contributed by atoms with van der Waals surface area (Å²) in [5, 5.41) is 0.461. The molecule has 1 aliphatic rings. The molecule has 0 radical (unpaired) electrons. The molecule has 4 rings (SSSR count). The van der Waals surface area contributed by atoms with Crippen molar-refractivity contribution in [2.45, 2.75) is 19.9 Å². The van der Waals surface area contributed by atoms with Gasteiger partial charge in [-0.05, 0) is 49.2 Å². The minimum absolute atomic E-state index is 0.220. The number of ether oxygens (including phenoxy) is 1. The van der Waals surface area contributed by atoms with E-state index in [1.165, 1.54) is 15.9 Å². The van der Waals surface area contributed by atoms with Gasteiger partial charge in [0.05, 0.1) is 22.4 Å². The predicted octanol–water partition coefficient (Wildman–Crippen LogP) is 2.85. The van der Waals surface area contributed by atoms with Gasteiger partial charge in [-0.15, -0.1) is 0 Å². The third-order valence-corrected chi connectivity index (χ3v) is 6.05. The van der Waals surface area contributed by atoms with Crippen LogP contribution in [0.5, 0.6) is 0 Å². The molecule has 0 saturated heterocycles. The smallest absolute Gasteiger partial charge is 0.338 e. The number of hydrogen-bond donors (Lipinski definition) is 0. The van der Waals surface area contributed by atoms with E-state index < -0.39 is 12.0 Å². The maximum Gasteiger partial charge on any atom is 0.338 e. The van der Waals surface area contributed by atoms with Gasteiger partial charge in [-0.1, -0.05) is 41.1 Å². The van der Waals surface area contributed by atoms with Crippen LogP contribution in [-0.2, 0) is 9.53 Å². The van der Waals surface area contributed by atoms with Crippen LogP contribution in [0.2, 0.25) is 5.02 Å². The Morgan fingerprint density at radius 1 is 1.27 bits per heavy atom. The number of benzene rings is 1. The molecule has 3 aromatic rings. The molecule has 0 bridgehead atoms. The van der Waals surface area contributed by atoms with Gasteiger partial charge in [-0.3, -0.25) is 14.3 Å². The summed E-state index contributed by atoms with van der Waals surface area (Å²) in [6, 6.07) is 10.1. The van der Waals surface area contributed by atoms with E-state index >= 15 is 0 Å². The van der Waals surface area contributed by atoms with Crippen LogP contribution in [0.25, 0.3) is 6.08 Å². The van der Waals surface area contributed by atoms with Crippen LogP contribution in [0, 0.1) is 0 Å². The average molecular weight is 440 g/mol. The van der Waals surface area contributed by atoms with Crippen molar-refractivity contribution < 1.29 is 9.53 Å². The lowest BCUT2D eigenvalue weighted by atomic mass is 9.96. The summed E-state index contributed by atoms with van der Waals surface area (Å²) in [6.07, 6.45) is 5.12. The summed E-state index contributed by atoms with van der Waals surface area (Å²) in [7, 11) is 0. The largest absolute Gasteiger partial charge is 0.463 e. The number of carbonyl (C=O) groups is 1. The standard InChI is InChI=1S/C22H18ClN3O3S/c1-3-29-21(28)18-13(2)25-22-26(19(18)15-6-4-5-7-16(15)23)20(27)17(30-22)12-14-8-10-24-11-9-14/h4-12,19H,3H2,1-2H3/b17-12-/t19-/m1/s1. The third kappa shape index (κ3) is 3.62. The molecule has 0 N–H and O–H groups in total. The number of thiazole rings is 1. The quantitative estimate of drug-likeness (QED) is 0.586. The van der Waals surface area contributed by atoms with Gasteiger partial charge in [-0.25, -0.2) is 9.79 Å². The fraction of sp³-hybridized carbons (Fsp3) is 0.182. The Morgan fingerprint density at radius 3 is 2.70 bits per heavy atom. The zero-order valence-electron chi connectivity index (χ0n) is 16.3. The van der Waals surface area contributed by atoms with Crippen LogP contribution in [-0.4, -0.2) is 22.1 Å². The molecule has 0 fully saturated rings. The number of esters is 1. The Balaban J connectivity index is 1.99. The van der Waals surface area contributed by atoms with Crippen LogP contribution >= 0.6 is 22.9 Å². The number of pyridine rings is 1. The number of aromatic nitrogens is 2. The van der Waals surface area contributed by atoms with Gasteiger partial charge in [0, 0.05) is 17.4 Å². The van der Waals surface area contributed by atoms with Gasteiger partial charge in [0.25, 0.3) is 5.56 Å². The molecule has 2 aromatic heterocycles. The van der Waals surface area contributed by atoms with Gasteiger partial charge in [-0.2, -0.15) is 0 Å². The van der Waals surface area contributed by atoms with Crippen molar-refractivity contribution in [3.8, 4) is 0 Å². The van der Waals surface area contributed by atoms with Crippen LogP contribution in [0.15, 0.2) is 69.8 Å². The molecular formula is C22H18ClN3O3S. The minimum Gasteiger partial charge on any atom is -0.463 e. The van der Waals surface area contributed by atoms with Crippen molar-refractivity contribution in [1.82, 2.24) is 9.55 Å². The van der Waals surface area contributed by atoms with Crippen LogP contribution < -0.4 is 14.9 Å². The van der Waals surface area contributed by atoms with Gasteiger partial charge < -0.3 is 4.74 Å².